The Morgan fingerprint density at radius 1 is 1.38 bits per heavy atom. The average Bonchev–Trinajstić information content (AvgIpc) is 1.59. The van der Waals surface area contributed by atoms with E-state index in [1.165, 1.54) is 6.04 Å². The molecule has 0 unspecified atom stereocenters. The summed E-state index contributed by atoms with van der Waals surface area (Å²) in [6, 6.07) is 1.32. The van der Waals surface area contributed by atoms with Crippen molar-refractivity contribution in [1.82, 2.24) is 0 Å². The Labute approximate surface area is 56.0 Å². The van der Waals surface area contributed by atoms with Gasteiger partial charge in [-0.15, -0.1) is 0 Å². The fourth-order valence-electron chi connectivity index (χ4n) is 0.408. The highest BCUT2D eigenvalue weighted by atomic mass is 28.3. The van der Waals surface area contributed by atoms with E-state index < -0.39 is 8.07 Å². The zero-order valence-electron chi connectivity index (χ0n) is 6.32. The zero-order chi connectivity index (χ0) is 6.62. The van der Waals surface area contributed by atoms with Crippen LogP contribution in [0.15, 0.2) is 0 Å². The Morgan fingerprint density at radius 2 is 1.88 bits per heavy atom. The van der Waals surface area contributed by atoms with Crippen molar-refractivity contribution in [1.29, 1.82) is 0 Å². The lowest BCUT2D eigenvalue weighted by atomic mass is 10.9. The minimum Gasteiger partial charge on any atom is -0.428 e. The summed E-state index contributed by atoms with van der Waals surface area (Å²) in [7, 11) is 0.124. The van der Waals surface area contributed by atoms with Crippen molar-refractivity contribution >= 4 is 18.6 Å². The predicted octanol–water partition coefficient (Wildman–Crippen LogP) is 0.622. The van der Waals surface area contributed by atoms with E-state index in [4.69, 9.17) is 4.43 Å². The Balaban J connectivity index is 3.11. The third kappa shape index (κ3) is 6.39. The van der Waals surface area contributed by atoms with Gasteiger partial charge in [-0.1, -0.05) is 19.6 Å². The molecule has 0 rings (SSSR count). The molecule has 1 nitrogen and oxygen atoms in total. The van der Waals surface area contributed by atoms with Crippen LogP contribution in [0.4, 0.5) is 0 Å². The summed E-state index contributed by atoms with van der Waals surface area (Å²) in [5.41, 5.74) is 0. The molecule has 0 radical (unpaired) electrons. The highest BCUT2D eigenvalue weighted by Crippen LogP contribution is 2.06. The summed E-state index contributed by atoms with van der Waals surface area (Å²) in [5.74, 6) is 0. The maximum absolute atomic E-state index is 5.09. The molecular weight excluding hydrogens is 132 g/mol. The Hall–Kier alpha value is 0.394. The van der Waals surface area contributed by atoms with Crippen LogP contribution in [0.3, 0.4) is 0 Å². The van der Waals surface area contributed by atoms with E-state index in [1.807, 2.05) is 0 Å². The van der Waals surface area contributed by atoms with Crippen LogP contribution in [0.2, 0.25) is 25.7 Å². The van der Waals surface area contributed by atoms with Gasteiger partial charge in [0, 0.05) is 14.7 Å². The van der Waals surface area contributed by atoms with Gasteiger partial charge in [0.2, 0.25) is 0 Å². The summed E-state index contributed by atoms with van der Waals surface area (Å²) < 4.78 is 5.09. The van der Waals surface area contributed by atoms with Crippen LogP contribution >= 0.6 is 0 Å². The zero-order valence-corrected chi connectivity index (χ0v) is 9.32. The summed E-state index contributed by atoms with van der Waals surface area (Å²) >= 11 is 0. The van der Waals surface area contributed by atoms with Crippen LogP contribution in [-0.4, -0.2) is 25.2 Å². The maximum atomic E-state index is 5.09. The molecule has 0 aliphatic heterocycles. The average molecular weight is 148 g/mol. The van der Waals surface area contributed by atoms with E-state index in [1.54, 1.807) is 0 Å². The molecule has 0 heterocycles. The van der Waals surface area contributed by atoms with Crippen molar-refractivity contribution in [3.63, 3.8) is 0 Å². The first-order chi connectivity index (χ1) is 3.56. The molecule has 0 aromatic rings. The number of rotatable bonds is 3. The minimum atomic E-state index is -0.781. The molecule has 0 N–H and O–H groups in total. The Kier molecular flexibility index (Phi) is 3.59. The summed E-state index contributed by atoms with van der Waals surface area (Å²) in [6.45, 7) is 8.11. The lowest BCUT2D eigenvalue weighted by Crippen LogP contribution is -2.21. The van der Waals surface area contributed by atoms with E-state index in [0.29, 0.717) is 0 Å². The SMILES string of the molecule is C[Si](C)(C)CCO[SiH3]. The van der Waals surface area contributed by atoms with Gasteiger partial charge in [-0.05, 0) is 6.04 Å². The molecular formula is C5H16OSi2. The van der Waals surface area contributed by atoms with Crippen LogP contribution in [-0.2, 0) is 4.43 Å². The van der Waals surface area contributed by atoms with Crippen molar-refractivity contribution < 1.29 is 4.43 Å². The van der Waals surface area contributed by atoms with Gasteiger partial charge in [0.15, 0.2) is 0 Å². The second-order valence-electron chi connectivity index (χ2n) is 3.30. The third-order valence-corrected chi connectivity index (χ3v) is 3.17. The van der Waals surface area contributed by atoms with E-state index in [0.717, 1.165) is 17.1 Å². The molecule has 0 aromatic carbocycles. The monoisotopic (exact) mass is 148 g/mol. The molecule has 0 saturated heterocycles. The molecule has 8 heavy (non-hydrogen) atoms. The molecule has 50 valence electrons. The molecule has 0 amide bonds. The van der Waals surface area contributed by atoms with Crippen LogP contribution in [0.5, 0.6) is 0 Å². The van der Waals surface area contributed by atoms with Crippen LogP contribution in [0.25, 0.3) is 0 Å². The molecule has 0 aliphatic rings. The van der Waals surface area contributed by atoms with Crippen LogP contribution in [0, 0.1) is 0 Å². The van der Waals surface area contributed by atoms with E-state index in [9.17, 15) is 0 Å². The van der Waals surface area contributed by atoms with E-state index in [-0.39, 0.29) is 0 Å². The lowest BCUT2D eigenvalue weighted by Gasteiger charge is -2.13. The van der Waals surface area contributed by atoms with Crippen molar-refractivity contribution in [2.75, 3.05) is 6.61 Å². The van der Waals surface area contributed by atoms with Gasteiger partial charge in [0.1, 0.15) is 10.5 Å². The quantitative estimate of drug-likeness (QED) is 0.533. The standard InChI is InChI=1S/C5H16OSi2/c1-8(2,3)5-4-6-7/h4-5H2,1-3,7H3. The summed E-state index contributed by atoms with van der Waals surface area (Å²) in [5, 5.41) is 0. The predicted molar refractivity (Wildman–Crippen MR) is 44.0 cm³/mol. The van der Waals surface area contributed by atoms with Gasteiger partial charge in [-0.3, -0.25) is 0 Å². The number of hydrogen-bond donors (Lipinski definition) is 0. The van der Waals surface area contributed by atoms with Gasteiger partial charge in [-0.25, -0.2) is 0 Å². The molecule has 0 aliphatic carbocycles. The van der Waals surface area contributed by atoms with Gasteiger partial charge >= 0.3 is 0 Å². The van der Waals surface area contributed by atoms with Crippen molar-refractivity contribution in [2.24, 2.45) is 0 Å². The van der Waals surface area contributed by atoms with Crippen molar-refractivity contribution in [2.45, 2.75) is 25.7 Å². The minimum absolute atomic E-state index is 0.781. The normalized spacial score (nSPS) is 12.4. The lowest BCUT2D eigenvalue weighted by molar-refractivity contribution is 0.373. The Morgan fingerprint density at radius 3 is 2.00 bits per heavy atom. The summed E-state index contributed by atoms with van der Waals surface area (Å²) in [4.78, 5) is 0. The van der Waals surface area contributed by atoms with Crippen molar-refractivity contribution in [3.8, 4) is 0 Å². The molecule has 0 bridgehead atoms. The second kappa shape index (κ2) is 3.43. The van der Waals surface area contributed by atoms with Gasteiger partial charge in [0.25, 0.3) is 0 Å². The van der Waals surface area contributed by atoms with E-state index >= 15 is 0 Å². The van der Waals surface area contributed by atoms with Gasteiger partial charge < -0.3 is 4.43 Å². The van der Waals surface area contributed by atoms with Gasteiger partial charge in [0.05, 0.1) is 0 Å². The van der Waals surface area contributed by atoms with Gasteiger partial charge in [-0.2, -0.15) is 0 Å². The Bertz CT molecular complexity index is 57.9. The molecule has 0 fully saturated rings. The fraction of sp³-hybridized carbons (Fsp3) is 1.00. The van der Waals surface area contributed by atoms with Crippen LogP contribution < -0.4 is 0 Å². The third-order valence-electron chi connectivity index (χ3n) is 1.06. The second-order valence-corrected chi connectivity index (χ2v) is 9.50. The molecule has 0 spiro atoms. The largest absolute Gasteiger partial charge is 0.428 e. The topological polar surface area (TPSA) is 9.23 Å². The number of hydrogen-bond acceptors (Lipinski definition) is 1. The first-order valence-electron chi connectivity index (χ1n) is 3.05. The molecule has 3 heteroatoms. The fourth-order valence-corrected chi connectivity index (χ4v) is 1.84. The smallest absolute Gasteiger partial charge is 0.145 e. The molecule has 0 aromatic heterocycles. The maximum Gasteiger partial charge on any atom is 0.145 e. The van der Waals surface area contributed by atoms with Crippen molar-refractivity contribution in [3.05, 3.63) is 0 Å². The summed E-state index contributed by atoms with van der Waals surface area (Å²) in [6.07, 6.45) is 0. The first-order valence-corrected chi connectivity index (χ1v) is 7.57. The highest BCUT2D eigenvalue weighted by Gasteiger charge is 2.10. The molecule has 0 atom stereocenters. The van der Waals surface area contributed by atoms with E-state index in [2.05, 4.69) is 19.6 Å². The van der Waals surface area contributed by atoms with Crippen LogP contribution in [0.1, 0.15) is 0 Å². The highest BCUT2D eigenvalue weighted by molar-refractivity contribution is 6.76. The molecule has 0 saturated carbocycles. The first kappa shape index (κ1) is 8.39.